The van der Waals surface area contributed by atoms with Crippen molar-refractivity contribution in [1.29, 1.82) is 0 Å². The molecule has 36 heavy (non-hydrogen) atoms. The number of thiazole rings is 1. The molecule has 0 aliphatic carbocycles. The fourth-order valence-corrected chi connectivity index (χ4v) is 6.03. The first kappa shape index (κ1) is 23.2. The molecule has 0 bridgehead atoms. The molecule has 0 spiro atoms. The van der Waals surface area contributed by atoms with E-state index in [9.17, 15) is 4.79 Å². The lowest BCUT2D eigenvalue weighted by atomic mass is 10.0. The maximum absolute atomic E-state index is 12.8. The summed E-state index contributed by atoms with van der Waals surface area (Å²) in [7, 11) is 0. The Hall–Kier alpha value is -3.23. The molecule has 5 heterocycles. The van der Waals surface area contributed by atoms with Gasteiger partial charge in [-0.3, -0.25) is 4.79 Å². The van der Waals surface area contributed by atoms with Crippen LogP contribution >= 0.6 is 11.3 Å². The monoisotopic (exact) mass is 500 g/mol. The number of aromatic nitrogens is 3. The van der Waals surface area contributed by atoms with Crippen molar-refractivity contribution in [3.8, 4) is 0 Å². The summed E-state index contributed by atoms with van der Waals surface area (Å²) < 4.78 is 1.16. The number of nitrogens with one attached hydrogen (secondary N) is 2. The van der Waals surface area contributed by atoms with E-state index in [0.29, 0.717) is 13.0 Å². The molecule has 1 amide bonds. The highest BCUT2D eigenvalue weighted by Gasteiger charge is 2.20. The highest BCUT2D eigenvalue weighted by atomic mass is 32.1. The number of fused-ring (bicyclic) bond motifs is 2. The van der Waals surface area contributed by atoms with Crippen LogP contribution in [0.15, 0.2) is 48.1 Å². The minimum Gasteiger partial charge on any atom is -0.355 e. The first-order valence-electron chi connectivity index (χ1n) is 13.0. The van der Waals surface area contributed by atoms with Crippen LogP contribution in [-0.4, -0.2) is 63.4 Å². The molecule has 2 aliphatic rings. The van der Waals surface area contributed by atoms with Crippen LogP contribution in [-0.2, 0) is 4.79 Å². The lowest BCUT2D eigenvalue weighted by molar-refractivity contribution is -0.131. The first-order chi connectivity index (χ1) is 17.7. The Labute approximate surface area is 215 Å². The van der Waals surface area contributed by atoms with E-state index in [4.69, 9.17) is 0 Å². The summed E-state index contributed by atoms with van der Waals surface area (Å²) in [5.74, 6) is 0.275. The zero-order valence-electron chi connectivity index (χ0n) is 20.5. The number of aromatic amines is 1. The molecule has 1 aromatic carbocycles. The molecule has 3 aromatic heterocycles. The van der Waals surface area contributed by atoms with Crippen LogP contribution in [0.1, 0.15) is 44.2 Å². The Morgan fingerprint density at radius 3 is 2.78 bits per heavy atom. The van der Waals surface area contributed by atoms with Gasteiger partial charge in [-0.2, -0.15) is 0 Å². The van der Waals surface area contributed by atoms with Gasteiger partial charge in [0.2, 0.25) is 5.91 Å². The Kier molecular flexibility index (Phi) is 6.70. The summed E-state index contributed by atoms with van der Waals surface area (Å²) in [6.07, 6.45) is 10.7. The van der Waals surface area contributed by atoms with Crippen molar-refractivity contribution >= 4 is 55.4 Å². The minimum absolute atomic E-state index is 0.275. The number of carbonyl (C=O) groups excluding carboxylic acids is 1. The van der Waals surface area contributed by atoms with Gasteiger partial charge in [-0.25, -0.2) is 9.97 Å². The molecule has 6 rings (SSSR count). The van der Waals surface area contributed by atoms with Crippen molar-refractivity contribution in [3.63, 3.8) is 0 Å². The van der Waals surface area contributed by atoms with E-state index in [2.05, 4.69) is 49.4 Å². The number of benzene rings is 1. The van der Waals surface area contributed by atoms with Gasteiger partial charge in [0.05, 0.1) is 21.4 Å². The standard InChI is InChI=1S/C28H32N6OS/c35-27(10-14-33-12-3-1-2-4-13-33)34-15-8-20(9-16-34)25-18-22-23(7-11-29-28(22)32-25)31-21-5-6-24-26(17-21)36-19-30-24/h5-8,11,17-19H,1-4,9-10,12-16H2,(H2,29,31,32). The lowest BCUT2D eigenvalue weighted by Crippen LogP contribution is -2.37. The van der Waals surface area contributed by atoms with E-state index in [0.717, 1.165) is 70.9 Å². The SMILES string of the molecule is O=C(CCN1CCCCCC1)N1CC=C(c2cc3c(Nc4ccc5ncsc5c4)ccnc3[nH]2)CC1. The number of rotatable bonds is 6. The number of nitrogens with zero attached hydrogens (tertiary/aromatic N) is 4. The fraction of sp³-hybridized carbons (Fsp3) is 0.393. The van der Waals surface area contributed by atoms with Crippen molar-refractivity contribution in [2.24, 2.45) is 0 Å². The molecular weight excluding hydrogens is 468 g/mol. The van der Waals surface area contributed by atoms with Gasteiger partial charge < -0.3 is 20.1 Å². The smallest absolute Gasteiger partial charge is 0.224 e. The molecule has 8 heteroatoms. The van der Waals surface area contributed by atoms with Crippen molar-refractivity contribution in [2.75, 3.05) is 38.0 Å². The molecule has 0 unspecified atom stereocenters. The van der Waals surface area contributed by atoms with Crippen molar-refractivity contribution in [3.05, 3.63) is 53.8 Å². The van der Waals surface area contributed by atoms with E-state index in [1.54, 1.807) is 11.3 Å². The normalized spacial score (nSPS) is 17.3. The predicted molar refractivity (Wildman–Crippen MR) is 148 cm³/mol. The highest BCUT2D eigenvalue weighted by Crippen LogP contribution is 2.31. The number of amides is 1. The van der Waals surface area contributed by atoms with Crippen LogP contribution < -0.4 is 5.32 Å². The molecule has 0 saturated carbocycles. The molecule has 4 aromatic rings. The summed E-state index contributed by atoms with van der Waals surface area (Å²) in [6, 6.07) is 10.4. The number of anilines is 2. The zero-order valence-corrected chi connectivity index (χ0v) is 21.3. The van der Waals surface area contributed by atoms with E-state index in [1.807, 2.05) is 28.7 Å². The summed E-state index contributed by atoms with van der Waals surface area (Å²) in [6.45, 7) is 4.63. The molecule has 0 radical (unpaired) electrons. The van der Waals surface area contributed by atoms with E-state index in [1.165, 1.54) is 31.3 Å². The number of likely N-dealkylation sites (tertiary alicyclic amines) is 1. The number of hydrogen-bond donors (Lipinski definition) is 2. The number of H-pyrrole nitrogens is 1. The summed E-state index contributed by atoms with van der Waals surface area (Å²) in [5, 5.41) is 4.62. The van der Waals surface area contributed by atoms with E-state index < -0.39 is 0 Å². The average molecular weight is 501 g/mol. The number of carbonyl (C=O) groups is 1. The molecule has 2 aliphatic heterocycles. The molecule has 0 atom stereocenters. The van der Waals surface area contributed by atoms with Crippen LogP contribution in [0.5, 0.6) is 0 Å². The molecule has 2 N–H and O–H groups in total. The van der Waals surface area contributed by atoms with Gasteiger partial charge in [0.1, 0.15) is 5.65 Å². The minimum atomic E-state index is 0.275. The molecular formula is C28H32N6OS. The molecule has 7 nitrogen and oxygen atoms in total. The zero-order chi connectivity index (χ0) is 24.3. The van der Waals surface area contributed by atoms with E-state index in [-0.39, 0.29) is 5.91 Å². The van der Waals surface area contributed by atoms with Crippen molar-refractivity contribution in [1.82, 2.24) is 24.8 Å². The van der Waals surface area contributed by atoms with Crippen LogP contribution in [0, 0.1) is 0 Å². The Bertz CT molecular complexity index is 1400. The number of hydrogen-bond acceptors (Lipinski definition) is 6. The van der Waals surface area contributed by atoms with Gasteiger partial charge in [-0.1, -0.05) is 18.9 Å². The fourth-order valence-electron chi connectivity index (χ4n) is 5.31. The molecule has 1 fully saturated rings. The third-order valence-corrected chi connectivity index (χ3v) is 8.18. The van der Waals surface area contributed by atoms with Crippen LogP contribution in [0.25, 0.3) is 26.8 Å². The van der Waals surface area contributed by atoms with Crippen LogP contribution in [0.4, 0.5) is 11.4 Å². The van der Waals surface area contributed by atoms with Gasteiger partial charge in [-0.15, -0.1) is 11.3 Å². The van der Waals surface area contributed by atoms with Gasteiger partial charge >= 0.3 is 0 Å². The second-order valence-corrected chi connectivity index (χ2v) is 10.7. The quantitative estimate of drug-likeness (QED) is 0.350. The van der Waals surface area contributed by atoms with Crippen LogP contribution in [0.3, 0.4) is 0 Å². The lowest BCUT2D eigenvalue weighted by Gasteiger charge is -2.27. The second kappa shape index (κ2) is 10.4. The first-order valence-corrected chi connectivity index (χ1v) is 13.9. The molecule has 186 valence electrons. The van der Waals surface area contributed by atoms with Crippen LogP contribution in [0.2, 0.25) is 0 Å². The van der Waals surface area contributed by atoms with Gasteiger partial charge in [-0.05, 0) is 68.3 Å². The molecule has 1 saturated heterocycles. The summed E-state index contributed by atoms with van der Waals surface area (Å²) in [5.41, 5.74) is 8.16. The highest BCUT2D eigenvalue weighted by molar-refractivity contribution is 7.16. The second-order valence-electron chi connectivity index (χ2n) is 9.79. The van der Waals surface area contributed by atoms with Gasteiger partial charge in [0.25, 0.3) is 0 Å². The third-order valence-electron chi connectivity index (χ3n) is 7.39. The number of pyridine rings is 1. The Morgan fingerprint density at radius 1 is 1.06 bits per heavy atom. The third kappa shape index (κ3) is 5.01. The maximum Gasteiger partial charge on any atom is 0.224 e. The predicted octanol–water partition coefficient (Wildman–Crippen LogP) is 5.80. The topological polar surface area (TPSA) is 77.2 Å². The van der Waals surface area contributed by atoms with Gasteiger partial charge in [0, 0.05) is 49.0 Å². The summed E-state index contributed by atoms with van der Waals surface area (Å²) in [4.78, 5) is 29.7. The van der Waals surface area contributed by atoms with Crippen molar-refractivity contribution in [2.45, 2.75) is 38.5 Å². The maximum atomic E-state index is 12.8. The Balaban J connectivity index is 1.12. The van der Waals surface area contributed by atoms with Gasteiger partial charge in [0.15, 0.2) is 0 Å². The largest absolute Gasteiger partial charge is 0.355 e. The average Bonchev–Trinajstić information content (AvgIpc) is 3.48. The van der Waals surface area contributed by atoms with Crippen molar-refractivity contribution < 1.29 is 4.79 Å². The Morgan fingerprint density at radius 2 is 1.94 bits per heavy atom. The summed E-state index contributed by atoms with van der Waals surface area (Å²) >= 11 is 1.64. The van der Waals surface area contributed by atoms with E-state index >= 15 is 0 Å².